The van der Waals surface area contributed by atoms with Crippen molar-refractivity contribution < 1.29 is 14.1 Å². The molecule has 0 N–H and O–H groups in total. The number of nitrogens with zero attached hydrogens (tertiary/aromatic N) is 1. The van der Waals surface area contributed by atoms with Crippen molar-refractivity contribution in [2.24, 2.45) is 0 Å². The molecule has 0 spiro atoms. The molecule has 1 aromatic heterocycles. The van der Waals surface area contributed by atoms with Crippen molar-refractivity contribution in [3.05, 3.63) is 66.4 Å². The summed E-state index contributed by atoms with van der Waals surface area (Å²) >= 11 is 0. The van der Waals surface area contributed by atoms with Crippen LogP contribution in [0.4, 0.5) is 0 Å². The largest absolute Gasteiger partial charge is 0.469 e. The third-order valence-corrected chi connectivity index (χ3v) is 3.72. The molecular formula is C19H17NO3. The van der Waals surface area contributed by atoms with Crippen LogP contribution in [0, 0.1) is 0 Å². The average molecular weight is 307 g/mol. The highest BCUT2D eigenvalue weighted by atomic mass is 16.5. The summed E-state index contributed by atoms with van der Waals surface area (Å²) in [6, 6.07) is 18.3. The third-order valence-electron chi connectivity index (χ3n) is 3.72. The minimum absolute atomic E-state index is 0.239. The van der Waals surface area contributed by atoms with E-state index in [1.807, 2.05) is 30.3 Å². The SMILES string of the molecule is COC(=O)CCc1cnoc1-c1ccc(-c2ccccc2)cc1. The van der Waals surface area contributed by atoms with Gasteiger partial charge >= 0.3 is 5.97 Å². The van der Waals surface area contributed by atoms with Crippen LogP contribution in [0.25, 0.3) is 22.5 Å². The maximum absolute atomic E-state index is 11.3. The molecule has 0 saturated heterocycles. The fourth-order valence-corrected chi connectivity index (χ4v) is 2.46. The maximum Gasteiger partial charge on any atom is 0.305 e. The van der Waals surface area contributed by atoms with Crippen molar-refractivity contribution in [3.63, 3.8) is 0 Å². The van der Waals surface area contributed by atoms with E-state index in [9.17, 15) is 4.79 Å². The van der Waals surface area contributed by atoms with Crippen LogP contribution >= 0.6 is 0 Å². The van der Waals surface area contributed by atoms with Gasteiger partial charge in [0.05, 0.1) is 13.3 Å². The molecule has 1 heterocycles. The lowest BCUT2D eigenvalue weighted by atomic mass is 10.0. The molecule has 2 aromatic carbocycles. The molecule has 116 valence electrons. The first-order chi connectivity index (χ1) is 11.3. The number of hydrogen-bond donors (Lipinski definition) is 0. The predicted molar refractivity (Wildman–Crippen MR) is 87.7 cm³/mol. The van der Waals surface area contributed by atoms with E-state index < -0.39 is 0 Å². The van der Waals surface area contributed by atoms with Crippen molar-refractivity contribution >= 4 is 5.97 Å². The second-order valence-electron chi connectivity index (χ2n) is 5.20. The first-order valence-corrected chi connectivity index (χ1v) is 7.44. The van der Waals surface area contributed by atoms with E-state index in [1.54, 1.807) is 6.20 Å². The summed E-state index contributed by atoms with van der Waals surface area (Å²) in [5.74, 6) is 0.463. The minimum Gasteiger partial charge on any atom is -0.469 e. The van der Waals surface area contributed by atoms with E-state index in [0.29, 0.717) is 18.6 Å². The van der Waals surface area contributed by atoms with Crippen LogP contribution in [0.5, 0.6) is 0 Å². The summed E-state index contributed by atoms with van der Waals surface area (Å²) < 4.78 is 10.0. The molecule has 3 aromatic rings. The smallest absolute Gasteiger partial charge is 0.305 e. The fourth-order valence-electron chi connectivity index (χ4n) is 2.46. The van der Waals surface area contributed by atoms with Gasteiger partial charge in [0, 0.05) is 17.5 Å². The fraction of sp³-hybridized carbons (Fsp3) is 0.158. The number of hydrogen-bond acceptors (Lipinski definition) is 4. The van der Waals surface area contributed by atoms with Gasteiger partial charge in [-0.25, -0.2) is 0 Å². The Morgan fingerprint density at radius 2 is 1.65 bits per heavy atom. The zero-order valence-electron chi connectivity index (χ0n) is 12.9. The second kappa shape index (κ2) is 6.92. The third kappa shape index (κ3) is 3.48. The zero-order chi connectivity index (χ0) is 16.1. The molecule has 0 aliphatic rings. The standard InChI is InChI=1S/C19H17NO3/c1-22-18(21)12-11-17-13-20-23-19(17)16-9-7-15(8-10-16)14-5-3-2-4-6-14/h2-10,13H,11-12H2,1H3. The van der Waals surface area contributed by atoms with E-state index in [-0.39, 0.29) is 5.97 Å². The summed E-state index contributed by atoms with van der Waals surface area (Å²) in [7, 11) is 1.39. The summed E-state index contributed by atoms with van der Waals surface area (Å²) in [5, 5.41) is 3.86. The Morgan fingerprint density at radius 1 is 1.00 bits per heavy atom. The molecule has 0 aliphatic carbocycles. The topological polar surface area (TPSA) is 52.3 Å². The van der Waals surface area contributed by atoms with Crippen LogP contribution in [0.1, 0.15) is 12.0 Å². The predicted octanol–water partition coefficient (Wildman–Crippen LogP) is 4.11. The molecule has 0 fully saturated rings. The van der Waals surface area contributed by atoms with Gasteiger partial charge in [0.15, 0.2) is 5.76 Å². The zero-order valence-corrected chi connectivity index (χ0v) is 12.9. The Morgan fingerprint density at radius 3 is 2.35 bits per heavy atom. The lowest BCUT2D eigenvalue weighted by Crippen LogP contribution is -2.01. The van der Waals surface area contributed by atoms with Crippen LogP contribution in [-0.4, -0.2) is 18.2 Å². The number of aromatic nitrogens is 1. The van der Waals surface area contributed by atoms with Gasteiger partial charge in [0.1, 0.15) is 0 Å². The first kappa shape index (κ1) is 15.0. The lowest BCUT2D eigenvalue weighted by Gasteiger charge is -2.04. The van der Waals surface area contributed by atoms with Crippen LogP contribution in [0.2, 0.25) is 0 Å². The molecule has 0 amide bonds. The molecule has 0 saturated carbocycles. The number of carbonyl (C=O) groups is 1. The highest BCUT2D eigenvalue weighted by Crippen LogP contribution is 2.27. The van der Waals surface area contributed by atoms with Gasteiger partial charge in [-0.1, -0.05) is 59.8 Å². The Kier molecular flexibility index (Phi) is 4.52. The van der Waals surface area contributed by atoms with E-state index >= 15 is 0 Å². The lowest BCUT2D eigenvalue weighted by molar-refractivity contribution is -0.140. The number of methoxy groups -OCH3 is 1. The molecule has 4 nitrogen and oxygen atoms in total. The average Bonchev–Trinajstić information content (AvgIpc) is 3.09. The maximum atomic E-state index is 11.3. The number of carbonyl (C=O) groups excluding carboxylic acids is 1. The van der Waals surface area contributed by atoms with Crippen LogP contribution < -0.4 is 0 Å². The Hall–Kier alpha value is -2.88. The minimum atomic E-state index is -0.239. The number of rotatable bonds is 5. The van der Waals surface area contributed by atoms with E-state index in [2.05, 4.69) is 34.2 Å². The van der Waals surface area contributed by atoms with Crippen LogP contribution in [-0.2, 0) is 16.0 Å². The summed E-state index contributed by atoms with van der Waals surface area (Å²) in [4.78, 5) is 11.3. The molecular weight excluding hydrogens is 290 g/mol. The molecule has 0 bridgehead atoms. The Bertz CT molecular complexity index is 776. The molecule has 0 aliphatic heterocycles. The second-order valence-corrected chi connectivity index (χ2v) is 5.20. The molecule has 0 unspecified atom stereocenters. The molecule has 0 atom stereocenters. The van der Waals surface area contributed by atoms with Gasteiger partial charge in [-0.3, -0.25) is 4.79 Å². The van der Waals surface area contributed by atoms with Gasteiger partial charge in [-0.2, -0.15) is 0 Å². The van der Waals surface area contributed by atoms with Crippen molar-refractivity contribution in [2.75, 3.05) is 7.11 Å². The summed E-state index contributed by atoms with van der Waals surface area (Å²) in [5.41, 5.74) is 4.16. The quantitative estimate of drug-likeness (QED) is 0.665. The van der Waals surface area contributed by atoms with E-state index in [4.69, 9.17) is 4.52 Å². The van der Waals surface area contributed by atoms with Gasteiger partial charge in [-0.05, 0) is 17.5 Å². The van der Waals surface area contributed by atoms with E-state index in [1.165, 1.54) is 12.7 Å². The highest BCUT2D eigenvalue weighted by molar-refractivity contribution is 5.71. The van der Waals surface area contributed by atoms with Gasteiger partial charge in [-0.15, -0.1) is 0 Å². The Labute approximate surface area is 134 Å². The van der Waals surface area contributed by atoms with Gasteiger partial charge in [0.2, 0.25) is 0 Å². The first-order valence-electron chi connectivity index (χ1n) is 7.44. The normalized spacial score (nSPS) is 10.5. The Balaban J connectivity index is 1.80. The number of aryl methyl sites for hydroxylation is 1. The molecule has 3 rings (SSSR count). The molecule has 0 radical (unpaired) electrons. The van der Waals surface area contributed by atoms with Crippen LogP contribution in [0.3, 0.4) is 0 Å². The van der Waals surface area contributed by atoms with Crippen LogP contribution in [0.15, 0.2) is 65.3 Å². The van der Waals surface area contributed by atoms with Crippen molar-refractivity contribution in [2.45, 2.75) is 12.8 Å². The van der Waals surface area contributed by atoms with E-state index in [0.717, 1.165) is 16.7 Å². The monoisotopic (exact) mass is 307 g/mol. The highest BCUT2D eigenvalue weighted by Gasteiger charge is 2.12. The summed E-state index contributed by atoms with van der Waals surface area (Å²) in [6.45, 7) is 0. The van der Waals surface area contributed by atoms with Gasteiger partial charge < -0.3 is 9.26 Å². The number of esters is 1. The molecule has 4 heteroatoms. The van der Waals surface area contributed by atoms with Crippen molar-refractivity contribution in [1.29, 1.82) is 0 Å². The van der Waals surface area contributed by atoms with Crippen molar-refractivity contribution in [3.8, 4) is 22.5 Å². The van der Waals surface area contributed by atoms with Crippen molar-refractivity contribution in [1.82, 2.24) is 5.16 Å². The number of ether oxygens (including phenoxy) is 1. The number of benzene rings is 2. The molecule has 23 heavy (non-hydrogen) atoms. The summed E-state index contributed by atoms with van der Waals surface area (Å²) in [6.07, 6.45) is 2.52. The van der Waals surface area contributed by atoms with Gasteiger partial charge in [0.25, 0.3) is 0 Å².